The fourth-order valence-corrected chi connectivity index (χ4v) is 0. The summed E-state index contributed by atoms with van der Waals surface area (Å²) in [5, 5.41) is 0. The summed E-state index contributed by atoms with van der Waals surface area (Å²) in [5.74, 6) is 0.491. The summed E-state index contributed by atoms with van der Waals surface area (Å²) < 4.78 is 0. The maximum atomic E-state index is 10.1. The third-order valence-corrected chi connectivity index (χ3v) is 1.10. The molecule has 0 aromatic heterocycles. The number of ketones is 2. The maximum absolute atomic E-state index is 10.1. The number of carbonyl (C=O) groups is 2. The lowest BCUT2D eigenvalue weighted by Crippen LogP contribution is -1.98. The van der Waals surface area contributed by atoms with Gasteiger partial charge in [-0.05, 0) is 33.8 Å². The van der Waals surface area contributed by atoms with E-state index in [4.69, 9.17) is 0 Å². The van der Waals surface area contributed by atoms with Crippen LogP contribution in [0.2, 0.25) is 0 Å². The van der Waals surface area contributed by atoms with Gasteiger partial charge in [-0.3, -0.25) is 9.59 Å². The Bertz CT molecular complexity index is 209. The number of carbonyl (C=O) groups excluding carboxylic acids is 2. The third kappa shape index (κ3) is 77.1. The second-order valence-corrected chi connectivity index (χ2v) is 3.79. The van der Waals surface area contributed by atoms with Crippen molar-refractivity contribution in [3.63, 3.8) is 0 Å². The van der Waals surface area contributed by atoms with Gasteiger partial charge in [-0.2, -0.15) is 0 Å². The molecule has 0 aromatic rings. The van der Waals surface area contributed by atoms with Crippen molar-refractivity contribution in [2.45, 2.75) is 49.0 Å². The van der Waals surface area contributed by atoms with Crippen molar-refractivity contribution in [1.29, 1.82) is 0 Å². The highest BCUT2D eigenvalue weighted by atomic mass is 16.1. The lowest BCUT2D eigenvalue weighted by atomic mass is 10.1. The summed E-state index contributed by atoms with van der Waals surface area (Å²) in [6.45, 7) is 17.6. The minimum atomic E-state index is 0. The largest absolute Gasteiger partial charge is 0.300 e. The zero-order valence-corrected chi connectivity index (χ0v) is 10.9. The van der Waals surface area contributed by atoms with Crippen molar-refractivity contribution in [2.75, 3.05) is 0 Å². The van der Waals surface area contributed by atoms with Crippen LogP contribution < -0.4 is 0 Å². The van der Waals surface area contributed by atoms with Crippen molar-refractivity contribution in [1.82, 2.24) is 0 Å². The molecule has 0 amide bonds. The Morgan fingerprint density at radius 1 is 1.06 bits per heavy atom. The minimum absolute atomic E-state index is 0. The molecule has 0 spiro atoms. The summed E-state index contributed by atoms with van der Waals surface area (Å²) in [6.07, 6.45) is 1.28. The van der Waals surface area contributed by atoms with Gasteiger partial charge in [0.15, 0.2) is 5.78 Å². The molecule has 0 fully saturated rings. The van der Waals surface area contributed by atoms with E-state index in [0.29, 0.717) is 0 Å². The summed E-state index contributed by atoms with van der Waals surface area (Å²) >= 11 is 0. The molecule has 0 aliphatic carbocycles. The van der Waals surface area contributed by atoms with E-state index in [-0.39, 0.29) is 24.9 Å². The number of rotatable bonds is 2. The van der Waals surface area contributed by atoms with E-state index in [0.717, 1.165) is 0 Å². The first kappa shape index (κ1) is 24.2. The van der Waals surface area contributed by atoms with Crippen LogP contribution in [-0.2, 0) is 9.59 Å². The summed E-state index contributed by atoms with van der Waals surface area (Å²) in [5.41, 5.74) is 1.17. The second kappa shape index (κ2) is 16.3. The molecule has 0 N–H and O–H groups in total. The highest BCUT2D eigenvalue weighted by molar-refractivity contribution is 5.86. The van der Waals surface area contributed by atoms with E-state index in [1.807, 2.05) is 27.7 Å². The zero-order chi connectivity index (χ0) is 13.0. The van der Waals surface area contributed by atoms with Crippen LogP contribution in [0.15, 0.2) is 24.8 Å². The average Bonchev–Trinajstić information content (AvgIpc) is 2.04. The third-order valence-electron chi connectivity index (χ3n) is 1.10. The smallest absolute Gasteiger partial charge is 0.152 e. The van der Waals surface area contributed by atoms with Crippen molar-refractivity contribution >= 4 is 11.6 Å². The summed E-state index contributed by atoms with van der Waals surface area (Å²) in [6, 6.07) is 0. The molecule has 2 heteroatoms. The number of Topliss-reactive ketones (excluding diaryl/α,β-unsaturated/α-hetero) is 1. The molecule has 0 bridgehead atoms. The van der Waals surface area contributed by atoms with Crippen LogP contribution in [0.25, 0.3) is 0 Å². The molecule has 0 saturated heterocycles. The Hall–Kier alpha value is -1.18. The standard InChI is InChI=1S/C5H10O.C4H6O.C4H8.CH4/c1-4(2)5(3)6;1-3-4(2)5;1-4(2)3;/h4H,1-3H3;3H,1H2,2H3;1H2,2-3H3;1H4. The van der Waals surface area contributed by atoms with Crippen LogP contribution in [-0.4, -0.2) is 11.6 Å². The predicted molar refractivity (Wildman–Crippen MR) is 73.6 cm³/mol. The first-order valence-corrected chi connectivity index (χ1v) is 4.90. The van der Waals surface area contributed by atoms with Crippen molar-refractivity contribution in [3.8, 4) is 0 Å². The molecule has 2 nitrogen and oxygen atoms in total. The SMILES string of the molecule is C.C=C(C)C.C=CC(C)=O.CC(=O)C(C)C. The van der Waals surface area contributed by atoms with Gasteiger partial charge in [0.1, 0.15) is 5.78 Å². The zero-order valence-electron chi connectivity index (χ0n) is 10.9. The van der Waals surface area contributed by atoms with Crippen molar-refractivity contribution < 1.29 is 9.59 Å². The number of allylic oxidation sites excluding steroid dienone is 2. The van der Waals surface area contributed by atoms with E-state index in [1.54, 1.807) is 6.92 Å². The molecular weight excluding hydrogens is 200 g/mol. The molecule has 0 aromatic carbocycles. The van der Waals surface area contributed by atoms with Crippen molar-refractivity contribution in [3.05, 3.63) is 24.8 Å². The molecule has 0 aliphatic rings. The van der Waals surface area contributed by atoms with Gasteiger partial charge in [0, 0.05) is 5.92 Å². The van der Waals surface area contributed by atoms with E-state index in [9.17, 15) is 9.59 Å². The molecule has 96 valence electrons. The van der Waals surface area contributed by atoms with Gasteiger partial charge in [-0.15, -0.1) is 6.58 Å². The van der Waals surface area contributed by atoms with E-state index in [1.165, 1.54) is 18.6 Å². The topological polar surface area (TPSA) is 34.1 Å². The van der Waals surface area contributed by atoms with Crippen LogP contribution in [0.4, 0.5) is 0 Å². The highest BCUT2D eigenvalue weighted by Gasteiger charge is 1.95. The van der Waals surface area contributed by atoms with Crippen LogP contribution >= 0.6 is 0 Å². The van der Waals surface area contributed by atoms with E-state index >= 15 is 0 Å². The Morgan fingerprint density at radius 3 is 1.19 bits per heavy atom. The lowest BCUT2D eigenvalue weighted by molar-refractivity contribution is -0.119. The molecule has 0 unspecified atom stereocenters. The molecular formula is C14H28O2. The molecule has 0 radical (unpaired) electrons. The van der Waals surface area contributed by atoms with Crippen LogP contribution in [0, 0.1) is 5.92 Å². The number of hydrogen-bond donors (Lipinski definition) is 0. The normalized spacial score (nSPS) is 7.19. The van der Waals surface area contributed by atoms with E-state index < -0.39 is 0 Å². The monoisotopic (exact) mass is 228 g/mol. The molecule has 0 heterocycles. The summed E-state index contributed by atoms with van der Waals surface area (Å²) in [4.78, 5) is 19.8. The van der Waals surface area contributed by atoms with Gasteiger partial charge in [0.2, 0.25) is 0 Å². The van der Waals surface area contributed by atoms with Gasteiger partial charge in [0.25, 0.3) is 0 Å². The fraction of sp³-hybridized carbons (Fsp3) is 0.571. The summed E-state index contributed by atoms with van der Waals surface area (Å²) in [7, 11) is 0. The Morgan fingerprint density at radius 2 is 1.19 bits per heavy atom. The Kier molecular flexibility index (Phi) is 24.6. The molecule has 0 rings (SSSR count). The fourth-order valence-electron chi connectivity index (χ4n) is 0. The number of hydrogen-bond acceptors (Lipinski definition) is 2. The van der Waals surface area contributed by atoms with Crippen LogP contribution in [0.1, 0.15) is 49.0 Å². The van der Waals surface area contributed by atoms with E-state index in [2.05, 4.69) is 13.2 Å². The van der Waals surface area contributed by atoms with Gasteiger partial charge in [-0.25, -0.2) is 0 Å². The maximum Gasteiger partial charge on any atom is 0.152 e. The molecule has 0 atom stereocenters. The van der Waals surface area contributed by atoms with Crippen LogP contribution in [0.3, 0.4) is 0 Å². The van der Waals surface area contributed by atoms with Gasteiger partial charge >= 0.3 is 0 Å². The first-order chi connectivity index (χ1) is 6.64. The Balaban J connectivity index is -0.0000000668. The molecule has 16 heavy (non-hydrogen) atoms. The quantitative estimate of drug-likeness (QED) is 0.524. The van der Waals surface area contributed by atoms with Crippen molar-refractivity contribution in [2.24, 2.45) is 5.92 Å². The molecule has 0 saturated carbocycles. The van der Waals surface area contributed by atoms with Crippen LogP contribution in [0.5, 0.6) is 0 Å². The predicted octanol–water partition coefficient (Wildman–Crippen LogP) is 4.21. The minimum Gasteiger partial charge on any atom is -0.300 e. The second-order valence-electron chi connectivity index (χ2n) is 3.79. The average molecular weight is 228 g/mol. The lowest BCUT2D eigenvalue weighted by Gasteiger charge is -1.90. The Labute approximate surface area is 101 Å². The molecule has 0 aliphatic heterocycles. The van der Waals surface area contributed by atoms with Gasteiger partial charge in [0.05, 0.1) is 0 Å². The van der Waals surface area contributed by atoms with Gasteiger partial charge < -0.3 is 0 Å². The highest BCUT2D eigenvalue weighted by Crippen LogP contribution is 1.89. The van der Waals surface area contributed by atoms with Gasteiger partial charge in [-0.1, -0.05) is 33.4 Å². The first-order valence-electron chi connectivity index (χ1n) is 4.90.